The first-order chi connectivity index (χ1) is 6.36. The highest BCUT2D eigenvalue weighted by molar-refractivity contribution is 5.48. The highest BCUT2D eigenvalue weighted by Gasteiger charge is 2.19. The zero-order valence-electron chi connectivity index (χ0n) is 8.04. The molecule has 1 saturated carbocycles. The molecule has 13 heavy (non-hydrogen) atoms. The van der Waals surface area contributed by atoms with E-state index in [1.54, 1.807) is 0 Å². The fraction of sp³-hybridized carbons (Fsp3) is 0.818. The maximum Gasteiger partial charge on any atom is 0.119 e. The molecule has 1 aliphatic rings. The summed E-state index contributed by atoms with van der Waals surface area (Å²) in [7, 11) is 0. The molecule has 0 spiro atoms. The number of carbonyl (C=O) groups excluding carboxylic acids is 1. The molecule has 0 aromatic rings. The summed E-state index contributed by atoms with van der Waals surface area (Å²) in [5.74, 6) is 1.09. The van der Waals surface area contributed by atoms with Crippen LogP contribution in [0.4, 0.5) is 0 Å². The minimum atomic E-state index is 0.308. The Hall–Kier alpha value is -0.840. The van der Waals surface area contributed by atoms with Crippen molar-refractivity contribution >= 4 is 6.29 Å². The van der Waals surface area contributed by atoms with Gasteiger partial charge >= 0.3 is 0 Å². The Bertz CT molecular complexity index is 187. The van der Waals surface area contributed by atoms with E-state index in [1.165, 1.54) is 19.3 Å². The van der Waals surface area contributed by atoms with Gasteiger partial charge in [0.1, 0.15) is 6.29 Å². The van der Waals surface area contributed by atoms with Crippen LogP contribution in [0, 0.1) is 23.2 Å². The lowest BCUT2D eigenvalue weighted by Crippen LogP contribution is -2.13. The van der Waals surface area contributed by atoms with Gasteiger partial charge in [-0.2, -0.15) is 5.26 Å². The molecule has 0 saturated heterocycles. The minimum absolute atomic E-state index is 0.308. The third kappa shape index (κ3) is 3.59. The SMILES string of the molecule is N#CC1CCC(CCCC=O)CC1. The van der Waals surface area contributed by atoms with Crippen molar-refractivity contribution in [1.29, 1.82) is 5.26 Å². The summed E-state index contributed by atoms with van der Waals surface area (Å²) in [6, 6.07) is 2.34. The van der Waals surface area contributed by atoms with Crippen LogP contribution < -0.4 is 0 Å². The number of hydrogen-bond acceptors (Lipinski definition) is 2. The first kappa shape index (κ1) is 10.2. The van der Waals surface area contributed by atoms with Gasteiger partial charge in [-0.1, -0.05) is 6.42 Å². The fourth-order valence-corrected chi connectivity index (χ4v) is 2.07. The molecular weight excluding hydrogens is 162 g/mol. The van der Waals surface area contributed by atoms with Gasteiger partial charge in [0, 0.05) is 12.3 Å². The number of hydrogen-bond donors (Lipinski definition) is 0. The number of aldehydes is 1. The van der Waals surface area contributed by atoms with Crippen molar-refractivity contribution in [3.05, 3.63) is 0 Å². The van der Waals surface area contributed by atoms with E-state index in [0.717, 1.165) is 31.5 Å². The maximum atomic E-state index is 10.1. The highest BCUT2D eigenvalue weighted by atomic mass is 16.1. The summed E-state index contributed by atoms with van der Waals surface area (Å²) >= 11 is 0. The number of unbranched alkanes of at least 4 members (excludes halogenated alkanes) is 1. The second-order valence-corrected chi connectivity index (χ2v) is 3.94. The average Bonchev–Trinajstić information content (AvgIpc) is 2.19. The Kier molecular flexibility index (Phi) is 4.53. The summed E-state index contributed by atoms with van der Waals surface area (Å²) in [6.07, 6.45) is 8.44. The van der Waals surface area contributed by atoms with E-state index in [-0.39, 0.29) is 0 Å². The van der Waals surface area contributed by atoms with Crippen LogP contribution in [0.1, 0.15) is 44.9 Å². The summed E-state index contributed by atoms with van der Waals surface area (Å²) < 4.78 is 0. The lowest BCUT2D eigenvalue weighted by molar-refractivity contribution is -0.108. The van der Waals surface area contributed by atoms with Crippen LogP contribution in [0.5, 0.6) is 0 Å². The van der Waals surface area contributed by atoms with Crippen LogP contribution in [0.25, 0.3) is 0 Å². The molecule has 0 aromatic carbocycles. The zero-order valence-corrected chi connectivity index (χ0v) is 8.04. The van der Waals surface area contributed by atoms with Crippen molar-refractivity contribution in [1.82, 2.24) is 0 Å². The van der Waals surface area contributed by atoms with Crippen LogP contribution in [0.3, 0.4) is 0 Å². The molecular formula is C11H17NO. The van der Waals surface area contributed by atoms with Crippen molar-refractivity contribution < 1.29 is 4.79 Å². The van der Waals surface area contributed by atoms with Crippen LogP contribution in [0.15, 0.2) is 0 Å². The highest BCUT2D eigenvalue weighted by Crippen LogP contribution is 2.31. The molecule has 0 heterocycles. The Balaban J connectivity index is 2.11. The number of rotatable bonds is 4. The number of nitriles is 1. The lowest BCUT2D eigenvalue weighted by Gasteiger charge is -2.24. The standard InChI is InChI=1S/C11H17NO/c12-9-11-6-4-10(5-7-11)3-1-2-8-13/h8,10-11H,1-7H2. The Morgan fingerprint density at radius 2 is 2.00 bits per heavy atom. The van der Waals surface area contributed by atoms with E-state index in [4.69, 9.17) is 5.26 Å². The number of nitrogens with zero attached hydrogens (tertiary/aromatic N) is 1. The molecule has 0 aromatic heterocycles. The summed E-state index contributed by atoms with van der Waals surface area (Å²) in [5, 5.41) is 8.70. The van der Waals surface area contributed by atoms with Gasteiger partial charge in [-0.15, -0.1) is 0 Å². The maximum absolute atomic E-state index is 10.1. The Labute approximate surface area is 79.9 Å². The average molecular weight is 179 g/mol. The van der Waals surface area contributed by atoms with Crippen molar-refractivity contribution in [2.45, 2.75) is 44.9 Å². The van der Waals surface area contributed by atoms with Crippen LogP contribution in [-0.2, 0) is 4.79 Å². The van der Waals surface area contributed by atoms with Gasteiger partial charge in [-0.3, -0.25) is 0 Å². The molecule has 1 fully saturated rings. The van der Waals surface area contributed by atoms with Gasteiger partial charge in [0.2, 0.25) is 0 Å². The van der Waals surface area contributed by atoms with Gasteiger partial charge in [0.15, 0.2) is 0 Å². The Morgan fingerprint density at radius 1 is 1.31 bits per heavy atom. The molecule has 1 rings (SSSR count). The van der Waals surface area contributed by atoms with E-state index in [0.29, 0.717) is 12.3 Å². The molecule has 1 aliphatic carbocycles. The van der Waals surface area contributed by atoms with Crippen molar-refractivity contribution in [3.63, 3.8) is 0 Å². The zero-order chi connectivity index (χ0) is 9.52. The van der Waals surface area contributed by atoms with Crippen LogP contribution in [0.2, 0.25) is 0 Å². The first-order valence-electron chi connectivity index (χ1n) is 5.20. The van der Waals surface area contributed by atoms with E-state index < -0.39 is 0 Å². The molecule has 0 unspecified atom stereocenters. The van der Waals surface area contributed by atoms with Gasteiger partial charge in [0.05, 0.1) is 6.07 Å². The van der Waals surface area contributed by atoms with E-state index in [1.807, 2.05) is 0 Å². The lowest BCUT2D eigenvalue weighted by atomic mass is 9.80. The smallest absolute Gasteiger partial charge is 0.119 e. The molecule has 0 aliphatic heterocycles. The molecule has 0 bridgehead atoms. The van der Waals surface area contributed by atoms with Gasteiger partial charge in [0.25, 0.3) is 0 Å². The predicted molar refractivity (Wildman–Crippen MR) is 51.0 cm³/mol. The predicted octanol–water partition coefficient (Wildman–Crippen LogP) is 2.69. The largest absolute Gasteiger partial charge is 0.303 e. The molecule has 0 N–H and O–H groups in total. The van der Waals surface area contributed by atoms with Gasteiger partial charge in [-0.25, -0.2) is 0 Å². The second kappa shape index (κ2) is 5.75. The van der Waals surface area contributed by atoms with Gasteiger partial charge < -0.3 is 4.79 Å². The van der Waals surface area contributed by atoms with E-state index in [2.05, 4.69) is 6.07 Å². The topological polar surface area (TPSA) is 40.9 Å². The molecule has 0 radical (unpaired) electrons. The molecule has 0 atom stereocenters. The first-order valence-corrected chi connectivity index (χ1v) is 5.20. The fourth-order valence-electron chi connectivity index (χ4n) is 2.07. The summed E-state index contributed by atoms with van der Waals surface area (Å²) in [5.41, 5.74) is 0. The van der Waals surface area contributed by atoms with Crippen LogP contribution >= 0.6 is 0 Å². The van der Waals surface area contributed by atoms with Gasteiger partial charge in [-0.05, 0) is 38.0 Å². The summed E-state index contributed by atoms with van der Waals surface area (Å²) in [4.78, 5) is 10.1. The quantitative estimate of drug-likeness (QED) is 0.491. The van der Waals surface area contributed by atoms with Crippen molar-refractivity contribution in [2.24, 2.45) is 11.8 Å². The third-order valence-corrected chi connectivity index (χ3v) is 2.96. The molecule has 0 amide bonds. The monoisotopic (exact) mass is 179 g/mol. The number of carbonyl (C=O) groups is 1. The van der Waals surface area contributed by atoms with Crippen molar-refractivity contribution in [2.75, 3.05) is 0 Å². The van der Waals surface area contributed by atoms with E-state index in [9.17, 15) is 4.79 Å². The molecule has 2 heteroatoms. The minimum Gasteiger partial charge on any atom is -0.303 e. The molecule has 2 nitrogen and oxygen atoms in total. The third-order valence-electron chi connectivity index (χ3n) is 2.96. The normalized spacial score (nSPS) is 27.9. The Morgan fingerprint density at radius 3 is 2.54 bits per heavy atom. The second-order valence-electron chi connectivity index (χ2n) is 3.94. The van der Waals surface area contributed by atoms with E-state index >= 15 is 0 Å². The summed E-state index contributed by atoms with van der Waals surface area (Å²) in [6.45, 7) is 0. The van der Waals surface area contributed by atoms with Crippen molar-refractivity contribution in [3.8, 4) is 6.07 Å². The van der Waals surface area contributed by atoms with Crippen LogP contribution in [-0.4, -0.2) is 6.29 Å². The molecule has 72 valence electrons.